The van der Waals surface area contributed by atoms with Gasteiger partial charge in [-0.05, 0) is 35.7 Å². The van der Waals surface area contributed by atoms with Gasteiger partial charge in [0, 0.05) is 36.8 Å². The van der Waals surface area contributed by atoms with Crippen molar-refractivity contribution in [3.63, 3.8) is 0 Å². The van der Waals surface area contributed by atoms with Crippen molar-refractivity contribution in [2.45, 2.75) is 33.1 Å². The zero-order valence-electron chi connectivity index (χ0n) is 17.3. The molecular formula is C23H24N4O3. The number of nitrogens with zero attached hydrogens (tertiary/aromatic N) is 3. The Balaban J connectivity index is 1.45. The Morgan fingerprint density at radius 1 is 1.20 bits per heavy atom. The van der Waals surface area contributed by atoms with Crippen LogP contribution in [0.2, 0.25) is 0 Å². The highest BCUT2D eigenvalue weighted by Gasteiger charge is 2.35. The summed E-state index contributed by atoms with van der Waals surface area (Å²) >= 11 is 0. The lowest BCUT2D eigenvalue weighted by molar-refractivity contribution is -0.122. The Labute approximate surface area is 175 Å². The molecule has 3 aromatic rings. The summed E-state index contributed by atoms with van der Waals surface area (Å²) in [6.07, 6.45) is 0.182. The highest BCUT2D eigenvalue weighted by Crippen LogP contribution is 2.29. The Morgan fingerprint density at radius 2 is 1.97 bits per heavy atom. The molecule has 1 aromatic heterocycles. The van der Waals surface area contributed by atoms with Crippen LogP contribution in [0.3, 0.4) is 0 Å². The third kappa shape index (κ3) is 4.10. The number of nitrogens with one attached hydrogen (secondary N) is 1. The van der Waals surface area contributed by atoms with E-state index in [0.29, 0.717) is 24.2 Å². The number of aryl methyl sites for hydroxylation is 1. The standard InChI is InChI=1S/C23H24N4O3/c1-14(2)16-7-9-19(10-8-16)25-23(29)18-12-21(28)27(13-18)20-6-4-5-17(11-20)22-24-15(3)30-26-22/h4-11,14,18H,12-13H2,1-3H3,(H,25,29)/t18-/m0/s1. The number of anilines is 2. The van der Waals surface area contributed by atoms with Crippen LogP contribution in [0, 0.1) is 12.8 Å². The molecular weight excluding hydrogens is 380 g/mol. The van der Waals surface area contributed by atoms with Crippen molar-refractivity contribution < 1.29 is 14.1 Å². The number of amides is 2. The third-order valence-corrected chi connectivity index (χ3v) is 5.28. The SMILES string of the molecule is Cc1nc(-c2cccc(N3C[C@@H](C(=O)Nc4ccc(C(C)C)cc4)CC3=O)c2)no1. The molecule has 1 aliphatic heterocycles. The first-order valence-corrected chi connectivity index (χ1v) is 10.0. The van der Waals surface area contributed by atoms with E-state index in [1.54, 1.807) is 11.8 Å². The van der Waals surface area contributed by atoms with Gasteiger partial charge in [0.1, 0.15) is 0 Å². The van der Waals surface area contributed by atoms with Gasteiger partial charge in [-0.25, -0.2) is 0 Å². The molecule has 1 atom stereocenters. The maximum absolute atomic E-state index is 12.7. The number of hydrogen-bond donors (Lipinski definition) is 1. The molecule has 1 fully saturated rings. The molecule has 30 heavy (non-hydrogen) atoms. The van der Waals surface area contributed by atoms with E-state index in [1.807, 2.05) is 48.5 Å². The second-order valence-corrected chi connectivity index (χ2v) is 7.86. The highest BCUT2D eigenvalue weighted by molar-refractivity contribution is 6.03. The van der Waals surface area contributed by atoms with Gasteiger partial charge in [0.25, 0.3) is 0 Å². The van der Waals surface area contributed by atoms with Gasteiger partial charge in [0.15, 0.2) is 0 Å². The van der Waals surface area contributed by atoms with Crippen LogP contribution in [0.1, 0.15) is 37.6 Å². The van der Waals surface area contributed by atoms with E-state index >= 15 is 0 Å². The number of carbonyl (C=O) groups is 2. The lowest BCUT2D eigenvalue weighted by Gasteiger charge is -2.17. The van der Waals surface area contributed by atoms with Gasteiger partial charge >= 0.3 is 0 Å². The minimum Gasteiger partial charge on any atom is -0.339 e. The molecule has 4 rings (SSSR count). The van der Waals surface area contributed by atoms with E-state index in [2.05, 4.69) is 29.3 Å². The van der Waals surface area contributed by atoms with Crippen molar-refractivity contribution in [1.29, 1.82) is 0 Å². The van der Waals surface area contributed by atoms with Crippen LogP contribution in [-0.4, -0.2) is 28.5 Å². The van der Waals surface area contributed by atoms with E-state index in [1.165, 1.54) is 5.56 Å². The topological polar surface area (TPSA) is 88.3 Å². The summed E-state index contributed by atoms with van der Waals surface area (Å²) in [4.78, 5) is 31.2. The van der Waals surface area contributed by atoms with Crippen LogP contribution in [0.15, 0.2) is 53.1 Å². The van der Waals surface area contributed by atoms with Crippen LogP contribution in [-0.2, 0) is 9.59 Å². The second kappa shape index (κ2) is 8.10. The molecule has 1 N–H and O–H groups in total. The average Bonchev–Trinajstić information content (AvgIpc) is 3.34. The minimum absolute atomic E-state index is 0.0771. The maximum Gasteiger partial charge on any atom is 0.229 e. The number of rotatable bonds is 5. The summed E-state index contributed by atoms with van der Waals surface area (Å²) in [5, 5.41) is 6.86. The van der Waals surface area contributed by atoms with E-state index in [9.17, 15) is 9.59 Å². The fourth-order valence-corrected chi connectivity index (χ4v) is 3.56. The fraction of sp³-hybridized carbons (Fsp3) is 0.304. The Kier molecular flexibility index (Phi) is 5.35. The number of hydrogen-bond acceptors (Lipinski definition) is 5. The molecule has 2 heterocycles. The molecule has 0 bridgehead atoms. The van der Waals surface area contributed by atoms with Crippen molar-refractivity contribution in [2.75, 3.05) is 16.8 Å². The van der Waals surface area contributed by atoms with Crippen molar-refractivity contribution >= 4 is 23.2 Å². The predicted molar refractivity (Wildman–Crippen MR) is 114 cm³/mol. The predicted octanol–water partition coefficient (Wildman–Crippen LogP) is 4.16. The van der Waals surface area contributed by atoms with Crippen LogP contribution in [0.5, 0.6) is 0 Å². The molecule has 2 amide bonds. The number of aromatic nitrogens is 2. The molecule has 0 unspecified atom stereocenters. The van der Waals surface area contributed by atoms with E-state index in [-0.39, 0.29) is 18.2 Å². The molecule has 154 valence electrons. The van der Waals surface area contributed by atoms with Crippen molar-refractivity contribution in [3.05, 3.63) is 60.0 Å². The molecule has 7 heteroatoms. The monoisotopic (exact) mass is 404 g/mol. The second-order valence-electron chi connectivity index (χ2n) is 7.86. The van der Waals surface area contributed by atoms with Gasteiger partial charge in [-0.1, -0.05) is 43.3 Å². The van der Waals surface area contributed by atoms with Gasteiger partial charge in [-0.15, -0.1) is 0 Å². The highest BCUT2D eigenvalue weighted by atomic mass is 16.5. The molecule has 0 saturated carbocycles. The first-order valence-electron chi connectivity index (χ1n) is 10.0. The molecule has 0 aliphatic carbocycles. The zero-order chi connectivity index (χ0) is 21.3. The van der Waals surface area contributed by atoms with E-state index in [0.717, 1.165) is 16.9 Å². The summed E-state index contributed by atoms with van der Waals surface area (Å²) in [6, 6.07) is 15.2. The van der Waals surface area contributed by atoms with Gasteiger partial charge in [-0.2, -0.15) is 4.98 Å². The number of benzene rings is 2. The normalized spacial score (nSPS) is 16.3. The first kappa shape index (κ1) is 19.8. The van der Waals surface area contributed by atoms with Gasteiger partial charge in [0.2, 0.25) is 23.5 Å². The largest absolute Gasteiger partial charge is 0.339 e. The number of carbonyl (C=O) groups excluding carboxylic acids is 2. The summed E-state index contributed by atoms with van der Waals surface area (Å²) in [5.41, 5.74) is 3.43. The van der Waals surface area contributed by atoms with Crippen LogP contribution < -0.4 is 10.2 Å². The molecule has 0 radical (unpaired) electrons. The smallest absolute Gasteiger partial charge is 0.229 e. The van der Waals surface area contributed by atoms with E-state index in [4.69, 9.17) is 4.52 Å². The third-order valence-electron chi connectivity index (χ3n) is 5.28. The summed E-state index contributed by atoms with van der Waals surface area (Å²) in [5.74, 6) is 0.757. The minimum atomic E-state index is -0.404. The fourth-order valence-electron chi connectivity index (χ4n) is 3.56. The lowest BCUT2D eigenvalue weighted by Crippen LogP contribution is -2.28. The van der Waals surface area contributed by atoms with Gasteiger partial charge in [-0.3, -0.25) is 9.59 Å². The quantitative estimate of drug-likeness (QED) is 0.690. The van der Waals surface area contributed by atoms with Crippen LogP contribution >= 0.6 is 0 Å². The van der Waals surface area contributed by atoms with Crippen molar-refractivity contribution in [1.82, 2.24) is 10.1 Å². The Bertz CT molecular complexity index is 1070. The van der Waals surface area contributed by atoms with Crippen molar-refractivity contribution in [2.24, 2.45) is 5.92 Å². The van der Waals surface area contributed by atoms with E-state index < -0.39 is 5.92 Å². The molecule has 1 aliphatic rings. The molecule has 7 nitrogen and oxygen atoms in total. The van der Waals surface area contributed by atoms with Crippen LogP contribution in [0.25, 0.3) is 11.4 Å². The lowest BCUT2D eigenvalue weighted by atomic mass is 10.0. The summed E-state index contributed by atoms with van der Waals surface area (Å²) in [7, 11) is 0. The van der Waals surface area contributed by atoms with Gasteiger partial charge in [0.05, 0.1) is 5.92 Å². The average molecular weight is 404 g/mol. The zero-order valence-corrected chi connectivity index (χ0v) is 17.3. The summed E-state index contributed by atoms with van der Waals surface area (Å²) < 4.78 is 5.04. The van der Waals surface area contributed by atoms with Crippen molar-refractivity contribution in [3.8, 4) is 11.4 Å². The first-order chi connectivity index (χ1) is 14.4. The Morgan fingerprint density at radius 3 is 2.63 bits per heavy atom. The van der Waals surface area contributed by atoms with Gasteiger partial charge < -0.3 is 14.7 Å². The molecule has 1 saturated heterocycles. The molecule has 2 aromatic carbocycles. The maximum atomic E-state index is 12.7. The summed E-state index contributed by atoms with van der Waals surface area (Å²) in [6.45, 7) is 6.32. The molecule has 0 spiro atoms. The van der Waals surface area contributed by atoms with Crippen LogP contribution in [0.4, 0.5) is 11.4 Å². The Hall–Kier alpha value is -3.48.